The smallest absolute Gasteiger partial charge is 0.123 e. The highest BCUT2D eigenvalue weighted by atomic mass is 16.5. The summed E-state index contributed by atoms with van der Waals surface area (Å²) >= 11 is 0. The molecule has 1 aliphatic rings. The molecule has 0 fully saturated rings. The minimum absolute atomic E-state index is 0.501. The van der Waals surface area contributed by atoms with Crippen molar-refractivity contribution in [1.29, 1.82) is 0 Å². The Kier molecular flexibility index (Phi) is 5.03. The summed E-state index contributed by atoms with van der Waals surface area (Å²) in [5.74, 6) is 1.07. The van der Waals surface area contributed by atoms with E-state index in [0.717, 1.165) is 18.7 Å². The molecular weight excluding hydrogens is 234 g/mol. The van der Waals surface area contributed by atoms with Crippen LogP contribution in [0, 0.1) is 0 Å². The minimum Gasteiger partial charge on any atom is -0.489 e. The van der Waals surface area contributed by atoms with Crippen LogP contribution in [0.1, 0.15) is 50.8 Å². The monoisotopic (exact) mass is 259 g/mol. The first kappa shape index (κ1) is 14.1. The van der Waals surface area contributed by atoms with Crippen LogP contribution in [-0.4, -0.2) is 13.2 Å². The summed E-state index contributed by atoms with van der Waals surface area (Å²) in [5, 5.41) is 3.57. The summed E-state index contributed by atoms with van der Waals surface area (Å²) < 4.78 is 5.94. The molecule has 0 spiro atoms. The van der Waals surface area contributed by atoms with Crippen LogP contribution in [0.3, 0.4) is 0 Å². The quantitative estimate of drug-likeness (QED) is 0.806. The third kappa shape index (κ3) is 3.60. The number of allylic oxidation sites excluding steroid dienone is 1. The number of benzene rings is 1. The second kappa shape index (κ2) is 6.76. The van der Waals surface area contributed by atoms with E-state index in [1.54, 1.807) is 0 Å². The first-order valence-corrected chi connectivity index (χ1v) is 7.33. The maximum absolute atomic E-state index is 5.94. The van der Waals surface area contributed by atoms with Gasteiger partial charge < -0.3 is 10.1 Å². The fourth-order valence-electron chi connectivity index (χ4n) is 2.71. The number of hydrogen-bond donors (Lipinski definition) is 1. The van der Waals surface area contributed by atoms with E-state index in [1.807, 2.05) is 0 Å². The van der Waals surface area contributed by atoms with Crippen molar-refractivity contribution < 1.29 is 4.74 Å². The molecule has 1 N–H and O–H groups in total. The van der Waals surface area contributed by atoms with Gasteiger partial charge in [-0.3, -0.25) is 0 Å². The summed E-state index contributed by atoms with van der Waals surface area (Å²) in [7, 11) is 0. The van der Waals surface area contributed by atoms with Crippen LogP contribution in [0.4, 0.5) is 0 Å². The average molecular weight is 259 g/mol. The molecule has 19 heavy (non-hydrogen) atoms. The van der Waals surface area contributed by atoms with E-state index >= 15 is 0 Å². The zero-order chi connectivity index (χ0) is 13.7. The Hall–Kier alpha value is -1.28. The molecule has 1 aliphatic carbocycles. The van der Waals surface area contributed by atoms with Gasteiger partial charge in [-0.15, -0.1) is 0 Å². The molecule has 1 aromatic rings. The third-order valence-corrected chi connectivity index (χ3v) is 3.65. The van der Waals surface area contributed by atoms with Crippen LogP contribution in [0.2, 0.25) is 0 Å². The highest BCUT2D eigenvalue weighted by Gasteiger charge is 2.21. The van der Waals surface area contributed by atoms with Crippen LogP contribution < -0.4 is 10.1 Å². The lowest BCUT2D eigenvalue weighted by atomic mass is 9.87. The number of rotatable bonds is 5. The van der Waals surface area contributed by atoms with Crippen molar-refractivity contribution in [3.05, 3.63) is 41.0 Å². The minimum atomic E-state index is 0.501. The van der Waals surface area contributed by atoms with Crippen molar-refractivity contribution in [2.45, 2.75) is 46.1 Å². The molecule has 0 saturated heterocycles. The number of ether oxygens (including phenoxy) is 1. The molecule has 1 aromatic carbocycles. The molecule has 0 bridgehead atoms. The molecule has 0 amide bonds. The van der Waals surface area contributed by atoms with Crippen molar-refractivity contribution >= 4 is 0 Å². The zero-order valence-electron chi connectivity index (χ0n) is 12.3. The van der Waals surface area contributed by atoms with E-state index in [1.165, 1.54) is 29.5 Å². The molecule has 0 aromatic heterocycles. The molecule has 2 rings (SSSR count). The summed E-state index contributed by atoms with van der Waals surface area (Å²) in [6.07, 6.45) is 5.75. The van der Waals surface area contributed by atoms with Crippen molar-refractivity contribution in [2.75, 3.05) is 13.2 Å². The molecule has 1 atom stereocenters. The molecular formula is C17H25NO. The van der Waals surface area contributed by atoms with E-state index in [4.69, 9.17) is 4.74 Å². The van der Waals surface area contributed by atoms with Gasteiger partial charge in [-0.1, -0.05) is 24.6 Å². The van der Waals surface area contributed by atoms with Crippen LogP contribution in [0.15, 0.2) is 29.8 Å². The van der Waals surface area contributed by atoms with E-state index in [2.05, 4.69) is 50.4 Å². The summed E-state index contributed by atoms with van der Waals surface area (Å²) in [4.78, 5) is 0. The molecule has 0 aliphatic heterocycles. The van der Waals surface area contributed by atoms with Gasteiger partial charge in [0.15, 0.2) is 0 Å². The first-order chi connectivity index (χ1) is 9.22. The third-order valence-electron chi connectivity index (χ3n) is 3.65. The SMILES string of the molecule is CCNC1CCCc2c(OCC=C(C)C)cccc21. The van der Waals surface area contributed by atoms with Crippen molar-refractivity contribution in [1.82, 2.24) is 5.32 Å². The molecule has 104 valence electrons. The van der Waals surface area contributed by atoms with E-state index in [9.17, 15) is 0 Å². The zero-order valence-corrected chi connectivity index (χ0v) is 12.3. The van der Waals surface area contributed by atoms with Gasteiger partial charge in [0.05, 0.1) is 0 Å². The maximum Gasteiger partial charge on any atom is 0.123 e. The Labute approximate surface area is 116 Å². The van der Waals surface area contributed by atoms with Gasteiger partial charge in [-0.25, -0.2) is 0 Å². The second-order valence-corrected chi connectivity index (χ2v) is 5.42. The Morgan fingerprint density at radius 1 is 1.42 bits per heavy atom. The molecule has 2 nitrogen and oxygen atoms in total. The Morgan fingerprint density at radius 3 is 3.00 bits per heavy atom. The summed E-state index contributed by atoms with van der Waals surface area (Å²) in [5.41, 5.74) is 4.14. The number of nitrogens with one attached hydrogen (secondary N) is 1. The standard InChI is InChI=1S/C17H25NO/c1-4-18-16-9-5-8-15-14(16)7-6-10-17(15)19-12-11-13(2)3/h6-7,10-11,16,18H,4-5,8-9,12H2,1-3H3. The predicted octanol–water partition coefficient (Wildman–Crippen LogP) is 4.02. The number of fused-ring (bicyclic) bond motifs is 1. The lowest BCUT2D eigenvalue weighted by Crippen LogP contribution is -2.25. The Bertz CT molecular complexity index is 447. The first-order valence-electron chi connectivity index (χ1n) is 7.33. The Balaban J connectivity index is 2.17. The number of hydrogen-bond acceptors (Lipinski definition) is 2. The summed E-state index contributed by atoms with van der Waals surface area (Å²) in [6.45, 7) is 8.07. The van der Waals surface area contributed by atoms with Crippen molar-refractivity contribution in [3.8, 4) is 5.75 Å². The largest absolute Gasteiger partial charge is 0.489 e. The van der Waals surface area contributed by atoms with Crippen LogP contribution >= 0.6 is 0 Å². The fraction of sp³-hybridized carbons (Fsp3) is 0.529. The van der Waals surface area contributed by atoms with E-state index in [0.29, 0.717) is 12.6 Å². The van der Waals surface area contributed by atoms with Gasteiger partial charge in [0, 0.05) is 6.04 Å². The Morgan fingerprint density at radius 2 is 2.26 bits per heavy atom. The fourth-order valence-corrected chi connectivity index (χ4v) is 2.71. The van der Waals surface area contributed by atoms with Crippen LogP contribution in [0.5, 0.6) is 5.75 Å². The van der Waals surface area contributed by atoms with Crippen LogP contribution in [-0.2, 0) is 6.42 Å². The average Bonchev–Trinajstić information content (AvgIpc) is 2.39. The highest BCUT2D eigenvalue weighted by Crippen LogP contribution is 2.35. The lowest BCUT2D eigenvalue weighted by Gasteiger charge is -2.27. The predicted molar refractivity (Wildman–Crippen MR) is 80.7 cm³/mol. The summed E-state index contributed by atoms with van der Waals surface area (Å²) in [6, 6.07) is 6.97. The van der Waals surface area contributed by atoms with Gasteiger partial charge >= 0.3 is 0 Å². The van der Waals surface area contributed by atoms with Crippen LogP contribution in [0.25, 0.3) is 0 Å². The van der Waals surface area contributed by atoms with Gasteiger partial charge in [0.25, 0.3) is 0 Å². The lowest BCUT2D eigenvalue weighted by molar-refractivity contribution is 0.351. The van der Waals surface area contributed by atoms with Gasteiger partial charge in [0.1, 0.15) is 12.4 Å². The van der Waals surface area contributed by atoms with E-state index in [-0.39, 0.29) is 0 Å². The van der Waals surface area contributed by atoms with Crippen molar-refractivity contribution in [2.24, 2.45) is 0 Å². The second-order valence-electron chi connectivity index (χ2n) is 5.42. The highest BCUT2D eigenvalue weighted by molar-refractivity contribution is 5.43. The molecule has 0 heterocycles. The molecule has 1 unspecified atom stereocenters. The van der Waals surface area contributed by atoms with E-state index < -0.39 is 0 Å². The van der Waals surface area contributed by atoms with Gasteiger partial charge in [0.2, 0.25) is 0 Å². The molecule has 2 heteroatoms. The maximum atomic E-state index is 5.94. The van der Waals surface area contributed by atoms with Crippen molar-refractivity contribution in [3.63, 3.8) is 0 Å². The topological polar surface area (TPSA) is 21.3 Å². The van der Waals surface area contributed by atoms with Gasteiger partial charge in [-0.2, -0.15) is 0 Å². The normalized spacial score (nSPS) is 17.7. The molecule has 0 saturated carbocycles. The molecule has 0 radical (unpaired) electrons. The van der Waals surface area contributed by atoms with Gasteiger partial charge in [-0.05, 0) is 62.9 Å².